The average Bonchev–Trinajstić information content (AvgIpc) is 3.46. The van der Waals surface area contributed by atoms with E-state index in [0.717, 1.165) is 45.3 Å². The van der Waals surface area contributed by atoms with E-state index in [1.165, 1.54) is 0 Å². The van der Waals surface area contributed by atoms with Gasteiger partial charge in [0.1, 0.15) is 11.8 Å². The Labute approximate surface area is 165 Å². The largest absolute Gasteiger partial charge is 0.469 e. The summed E-state index contributed by atoms with van der Waals surface area (Å²) in [6.45, 7) is 0. The number of para-hydroxylation sites is 2. The van der Waals surface area contributed by atoms with Crippen molar-refractivity contribution in [3.05, 3.63) is 82.1 Å². The quantitative estimate of drug-likeness (QED) is 0.519. The molecule has 4 heterocycles. The molecule has 0 bridgehead atoms. The van der Waals surface area contributed by atoms with Crippen LogP contribution in [-0.2, 0) is 4.79 Å². The summed E-state index contributed by atoms with van der Waals surface area (Å²) in [5.41, 5.74) is 3.80. The van der Waals surface area contributed by atoms with Crippen molar-refractivity contribution in [3.8, 4) is 0 Å². The van der Waals surface area contributed by atoms with Crippen LogP contribution in [0.15, 0.2) is 75.9 Å². The van der Waals surface area contributed by atoms with Gasteiger partial charge >= 0.3 is 0 Å². The topological polar surface area (TPSA) is 60.1 Å². The molecule has 4 aromatic rings. The number of ketones is 1. The predicted molar refractivity (Wildman–Crippen MR) is 109 cm³/mol. The highest BCUT2D eigenvalue weighted by Gasteiger charge is 2.40. The maximum Gasteiger partial charge on any atom is 0.209 e. The zero-order chi connectivity index (χ0) is 18.7. The smallest absolute Gasteiger partial charge is 0.209 e. The zero-order valence-corrected chi connectivity index (χ0v) is 15.8. The summed E-state index contributed by atoms with van der Waals surface area (Å²) < 4.78 is 7.77. The van der Waals surface area contributed by atoms with E-state index < -0.39 is 0 Å². The van der Waals surface area contributed by atoms with Gasteiger partial charge in [-0.25, -0.2) is 4.98 Å². The number of carbonyl (C=O) groups excluding carboxylic acids is 1. The van der Waals surface area contributed by atoms with Crippen molar-refractivity contribution in [2.45, 2.75) is 24.8 Å². The van der Waals surface area contributed by atoms with Crippen LogP contribution in [0.1, 0.15) is 35.4 Å². The Bertz CT molecular complexity index is 1220. The molecule has 0 radical (unpaired) electrons. The SMILES string of the molecule is O=C1C[C@@H](c2ccco2)CC2=C1[C@H](c1cccs1)n1c(nc3ccccc31)N2. The van der Waals surface area contributed by atoms with Gasteiger partial charge in [-0.3, -0.25) is 9.36 Å². The lowest BCUT2D eigenvalue weighted by Crippen LogP contribution is -2.32. The fraction of sp³-hybridized carbons (Fsp3) is 0.182. The summed E-state index contributed by atoms with van der Waals surface area (Å²) in [5, 5.41) is 5.54. The summed E-state index contributed by atoms with van der Waals surface area (Å²) >= 11 is 1.68. The number of allylic oxidation sites excluding steroid dienone is 2. The summed E-state index contributed by atoms with van der Waals surface area (Å²) in [6.07, 6.45) is 2.89. The first kappa shape index (κ1) is 15.9. The molecule has 5 nitrogen and oxygen atoms in total. The number of thiophene rings is 1. The van der Waals surface area contributed by atoms with E-state index in [2.05, 4.69) is 27.4 Å². The number of fused-ring (bicyclic) bond motifs is 3. The van der Waals surface area contributed by atoms with E-state index in [4.69, 9.17) is 9.40 Å². The van der Waals surface area contributed by atoms with Crippen molar-refractivity contribution in [1.29, 1.82) is 0 Å². The van der Waals surface area contributed by atoms with Gasteiger partial charge in [-0.05, 0) is 42.1 Å². The number of rotatable bonds is 2. The lowest BCUT2D eigenvalue weighted by Gasteiger charge is -2.35. The third-order valence-corrected chi connectivity index (χ3v) is 6.58. The Morgan fingerprint density at radius 2 is 2.04 bits per heavy atom. The van der Waals surface area contributed by atoms with Crippen LogP contribution in [0.5, 0.6) is 0 Å². The summed E-state index contributed by atoms with van der Waals surface area (Å²) in [4.78, 5) is 19.3. The molecular weight excluding hydrogens is 370 g/mol. The fourth-order valence-electron chi connectivity index (χ4n) is 4.47. The summed E-state index contributed by atoms with van der Waals surface area (Å²) in [7, 11) is 0. The van der Waals surface area contributed by atoms with E-state index in [0.29, 0.717) is 6.42 Å². The van der Waals surface area contributed by atoms with Gasteiger partial charge < -0.3 is 9.73 Å². The first-order valence-electron chi connectivity index (χ1n) is 9.36. The molecule has 0 saturated carbocycles. The fourth-order valence-corrected chi connectivity index (χ4v) is 5.29. The molecule has 0 spiro atoms. The van der Waals surface area contributed by atoms with E-state index >= 15 is 0 Å². The first-order chi connectivity index (χ1) is 13.8. The number of nitrogens with one attached hydrogen (secondary N) is 1. The van der Waals surface area contributed by atoms with Crippen LogP contribution in [0.2, 0.25) is 0 Å². The molecule has 0 unspecified atom stereocenters. The second-order valence-electron chi connectivity index (χ2n) is 7.27. The minimum Gasteiger partial charge on any atom is -0.469 e. The van der Waals surface area contributed by atoms with Crippen LogP contribution in [0, 0.1) is 0 Å². The molecule has 1 aliphatic heterocycles. The third-order valence-electron chi connectivity index (χ3n) is 5.66. The minimum atomic E-state index is -0.135. The molecule has 2 aliphatic rings. The standard InChI is InChI=1S/C22H17N3O2S/c26-17-12-13(18-7-3-9-27-18)11-15-20(17)21(19-8-4-10-28-19)25-16-6-2-1-5-14(16)23-22(25)24-15/h1-10,13,21H,11-12H2,(H,23,24)/t13-,21-/m0/s1. The van der Waals surface area contributed by atoms with Gasteiger partial charge in [0.05, 0.1) is 17.3 Å². The van der Waals surface area contributed by atoms with E-state index in [1.807, 2.05) is 36.4 Å². The normalized spacial score (nSPS) is 21.5. The molecule has 1 aliphatic carbocycles. The van der Waals surface area contributed by atoms with Crippen LogP contribution in [0.25, 0.3) is 11.0 Å². The van der Waals surface area contributed by atoms with Crippen molar-refractivity contribution in [2.75, 3.05) is 5.32 Å². The number of carbonyl (C=O) groups is 1. The molecule has 3 aromatic heterocycles. The average molecular weight is 387 g/mol. The number of aromatic nitrogens is 2. The number of benzene rings is 1. The second-order valence-corrected chi connectivity index (χ2v) is 8.25. The number of Topliss-reactive ketones (excluding diaryl/α,β-unsaturated/α-hetero) is 1. The number of furan rings is 1. The van der Waals surface area contributed by atoms with Crippen molar-refractivity contribution in [1.82, 2.24) is 9.55 Å². The molecular formula is C22H17N3O2S. The van der Waals surface area contributed by atoms with Crippen molar-refractivity contribution in [2.24, 2.45) is 0 Å². The van der Waals surface area contributed by atoms with Gasteiger partial charge in [0.15, 0.2) is 5.78 Å². The Balaban J connectivity index is 1.55. The molecule has 0 fully saturated rings. The van der Waals surface area contributed by atoms with Crippen molar-refractivity contribution in [3.63, 3.8) is 0 Å². The maximum absolute atomic E-state index is 13.3. The van der Waals surface area contributed by atoms with E-state index in [1.54, 1.807) is 17.6 Å². The van der Waals surface area contributed by atoms with Gasteiger partial charge in [-0.2, -0.15) is 0 Å². The molecule has 28 heavy (non-hydrogen) atoms. The second kappa shape index (κ2) is 5.94. The molecule has 6 rings (SSSR count). The van der Waals surface area contributed by atoms with Crippen LogP contribution in [-0.4, -0.2) is 15.3 Å². The first-order valence-corrected chi connectivity index (χ1v) is 10.2. The van der Waals surface area contributed by atoms with Gasteiger partial charge in [0, 0.05) is 28.5 Å². The van der Waals surface area contributed by atoms with E-state index in [-0.39, 0.29) is 17.7 Å². The Morgan fingerprint density at radius 3 is 2.86 bits per heavy atom. The third kappa shape index (κ3) is 2.24. The van der Waals surface area contributed by atoms with Crippen LogP contribution in [0.3, 0.4) is 0 Å². The molecule has 1 N–H and O–H groups in total. The molecule has 6 heteroatoms. The lowest BCUT2D eigenvalue weighted by atomic mass is 9.80. The number of nitrogens with zero attached hydrogens (tertiary/aromatic N) is 2. The summed E-state index contributed by atoms with van der Waals surface area (Å²) in [6, 6.07) is 15.9. The molecule has 1 aromatic carbocycles. The predicted octanol–water partition coefficient (Wildman–Crippen LogP) is 5.11. The number of anilines is 1. The minimum absolute atomic E-state index is 0.0636. The Kier molecular flexibility index (Phi) is 3.37. The zero-order valence-electron chi connectivity index (χ0n) is 15.0. The van der Waals surface area contributed by atoms with Gasteiger partial charge in [0.2, 0.25) is 5.95 Å². The number of imidazole rings is 1. The summed E-state index contributed by atoms with van der Waals surface area (Å²) in [5.74, 6) is 1.91. The highest BCUT2D eigenvalue weighted by atomic mass is 32.1. The molecule has 138 valence electrons. The van der Waals surface area contributed by atoms with Gasteiger partial charge in [-0.1, -0.05) is 18.2 Å². The van der Waals surface area contributed by atoms with Crippen LogP contribution in [0.4, 0.5) is 5.95 Å². The Hall–Kier alpha value is -3.12. The highest BCUT2D eigenvalue weighted by molar-refractivity contribution is 7.10. The van der Waals surface area contributed by atoms with Crippen molar-refractivity contribution >= 4 is 34.1 Å². The lowest BCUT2D eigenvalue weighted by molar-refractivity contribution is -0.116. The van der Waals surface area contributed by atoms with Crippen LogP contribution >= 0.6 is 11.3 Å². The number of hydrogen-bond donors (Lipinski definition) is 1. The maximum atomic E-state index is 13.3. The van der Waals surface area contributed by atoms with E-state index in [9.17, 15) is 4.79 Å². The van der Waals surface area contributed by atoms with Gasteiger partial charge in [-0.15, -0.1) is 11.3 Å². The number of hydrogen-bond acceptors (Lipinski definition) is 5. The molecule has 2 atom stereocenters. The van der Waals surface area contributed by atoms with Gasteiger partial charge in [0.25, 0.3) is 0 Å². The van der Waals surface area contributed by atoms with Crippen LogP contribution < -0.4 is 5.32 Å². The van der Waals surface area contributed by atoms with Crippen molar-refractivity contribution < 1.29 is 9.21 Å². The molecule has 0 amide bonds. The highest BCUT2D eigenvalue weighted by Crippen LogP contribution is 2.46. The molecule has 0 saturated heterocycles. The monoisotopic (exact) mass is 387 g/mol. The Morgan fingerprint density at radius 1 is 1.11 bits per heavy atom.